The van der Waals surface area contributed by atoms with Gasteiger partial charge in [-0.15, -0.1) is 0 Å². The predicted octanol–water partition coefficient (Wildman–Crippen LogP) is 4.56. The molecule has 0 fully saturated rings. The molecule has 1 aromatic heterocycles. The van der Waals surface area contributed by atoms with Gasteiger partial charge in [-0.1, -0.05) is 11.6 Å². The lowest BCUT2D eigenvalue weighted by Crippen LogP contribution is -2.16. The van der Waals surface area contributed by atoms with Gasteiger partial charge in [0.15, 0.2) is 0 Å². The molecule has 6 nitrogen and oxygen atoms in total. The van der Waals surface area contributed by atoms with Gasteiger partial charge in [0.05, 0.1) is 18.2 Å². The third-order valence-corrected chi connectivity index (χ3v) is 4.28. The van der Waals surface area contributed by atoms with Crippen LogP contribution in [0.1, 0.15) is 26.3 Å². The van der Waals surface area contributed by atoms with Gasteiger partial charge in [0, 0.05) is 28.8 Å². The summed E-state index contributed by atoms with van der Waals surface area (Å²) < 4.78 is 5.09. The summed E-state index contributed by atoms with van der Waals surface area (Å²) in [6, 6.07) is 13.6. The normalized spacial score (nSPS) is 10.2. The lowest BCUT2D eigenvalue weighted by Gasteiger charge is -2.10. The number of halogens is 1. The molecule has 28 heavy (non-hydrogen) atoms. The van der Waals surface area contributed by atoms with Crippen LogP contribution in [-0.4, -0.2) is 23.9 Å². The molecule has 0 radical (unpaired) electrons. The summed E-state index contributed by atoms with van der Waals surface area (Å²) in [5.41, 5.74) is 2.63. The van der Waals surface area contributed by atoms with Crippen molar-refractivity contribution in [2.75, 3.05) is 17.7 Å². The number of rotatable bonds is 5. The zero-order valence-electron chi connectivity index (χ0n) is 15.3. The molecule has 0 bridgehead atoms. The Balaban J connectivity index is 1.73. The third kappa shape index (κ3) is 4.66. The van der Waals surface area contributed by atoms with Crippen molar-refractivity contribution in [3.63, 3.8) is 0 Å². The maximum absolute atomic E-state index is 12.5. The average molecular weight is 396 g/mol. The quantitative estimate of drug-likeness (QED) is 0.663. The third-order valence-electron chi connectivity index (χ3n) is 4.05. The van der Waals surface area contributed by atoms with E-state index in [1.54, 1.807) is 49.6 Å². The number of hydrogen-bond donors (Lipinski definition) is 2. The van der Waals surface area contributed by atoms with E-state index in [4.69, 9.17) is 16.3 Å². The Kier molecular flexibility index (Phi) is 5.91. The van der Waals surface area contributed by atoms with Gasteiger partial charge in [0.2, 0.25) is 0 Å². The first-order chi connectivity index (χ1) is 13.5. The van der Waals surface area contributed by atoms with Gasteiger partial charge in [0.25, 0.3) is 11.8 Å². The molecule has 3 rings (SSSR count). The van der Waals surface area contributed by atoms with Crippen LogP contribution in [-0.2, 0) is 0 Å². The largest absolute Gasteiger partial charge is 0.497 e. The summed E-state index contributed by atoms with van der Waals surface area (Å²) in [5.74, 6) is -0.0390. The Hall–Kier alpha value is -3.38. The number of nitrogens with one attached hydrogen (secondary N) is 2. The number of carbonyl (C=O) groups excluding carboxylic acids is 2. The van der Waals surface area contributed by atoms with Crippen LogP contribution in [0.5, 0.6) is 5.75 Å². The second-order valence-corrected chi connectivity index (χ2v) is 6.49. The molecule has 0 aliphatic heterocycles. The molecule has 2 N–H and O–H groups in total. The number of benzene rings is 2. The second-order valence-electron chi connectivity index (χ2n) is 6.06. The Morgan fingerprint density at radius 1 is 0.929 bits per heavy atom. The highest BCUT2D eigenvalue weighted by Crippen LogP contribution is 2.20. The first kappa shape index (κ1) is 19.4. The number of nitrogens with zero attached hydrogens (tertiary/aromatic N) is 1. The van der Waals surface area contributed by atoms with Gasteiger partial charge in [-0.05, 0) is 61.0 Å². The summed E-state index contributed by atoms with van der Waals surface area (Å²) >= 11 is 5.94. The van der Waals surface area contributed by atoms with Crippen molar-refractivity contribution >= 4 is 34.8 Å². The molecule has 0 saturated carbocycles. The molecular formula is C21H18ClN3O3. The van der Waals surface area contributed by atoms with E-state index in [2.05, 4.69) is 15.6 Å². The fourth-order valence-corrected chi connectivity index (χ4v) is 2.75. The molecular weight excluding hydrogens is 378 g/mol. The van der Waals surface area contributed by atoms with Crippen LogP contribution in [0.15, 0.2) is 60.9 Å². The van der Waals surface area contributed by atoms with E-state index in [1.165, 1.54) is 18.5 Å². The molecule has 2 amide bonds. The molecule has 0 spiro atoms. The lowest BCUT2D eigenvalue weighted by molar-refractivity contribution is 0.102. The van der Waals surface area contributed by atoms with Crippen LogP contribution in [0.2, 0.25) is 5.02 Å². The van der Waals surface area contributed by atoms with Crippen LogP contribution < -0.4 is 15.4 Å². The minimum Gasteiger partial charge on any atom is -0.497 e. The van der Waals surface area contributed by atoms with Gasteiger partial charge in [0.1, 0.15) is 5.75 Å². The van der Waals surface area contributed by atoms with E-state index in [0.717, 1.165) is 5.56 Å². The van der Waals surface area contributed by atoms with E-state index in [9.17, 15) is 9.59 Å². The summed E-state index contributed by atoms with van der Waals surface area (Å²) in [6.07, 6.45) is 2.81. The minimum absolute atomic E-state index is 0.274. The first-order valence-corrected chi connectivity index (χ1v) is 8.82. The summed E-state index contributed by atoms with van der Waals surface area (Å²) in [7, 11) is 1.57. The van der Waals surface area contributed by atoms with Crippen LogP contribution in [0.25, 0.3) is 0 Å². The SMILES string of the molecule is COc1ccc(NC(=O)c2cncc(C(=O)Nc3ccc(Cl)cc3C)c2)cc1. The fraction of sp³-hybridized carbons (Fsp3) is 0.0952. The second kappa shape index (κ2) is 8.54. The van der Waals surface area contributed by atoms with Crippen molar-refractivity contribution in [2.24, 2.45) is 0 Å². The minimum atomic E-state index is -0.366. The maximum Gasteiger partial charge on any atom is 0.257 e. The number of hydrogen-bond acceptors (Lipinski definition) is 4. The molecule has 0 aliphatic rings. The molecule has 142 valence electrons. The van der Waals surface area contributed by atoms with Crippen molar-refractivity contribution in [1.29, 1.82) is 0 Å². The molecule has 0 saturated heterocycles. The molecule has 3 aromatic rings. The van der Waals surface area contributed by atoms with Crippen LogP contribution in [0.3, 0.4) is 0 Å². The van der Waals surface area contributed by atoms with E-state index in [-0.39, 0.29) is 22.9 Å². The van der Waals surface area contributed by atoms with Crippen LogP contribution in [0, 0.1) is 6.92 Å². The fourth-order valence-electron chi connectivity index (χ4n) is 2.53. The zero-order chi connectivity index (χ0) is 20.1. The van der Waals surface area contributed by atoms with Crippen molar-refractivity contribution in [3.8, 4) is 5.75 Å². The number of carbonyl (C=O) groups is 2. The highest BCUT2D eigenvalue weighted by atomic mass is 35.5. The standard InChI is InChI=1S/C21H18ClN3O3/c1-13-9-16(22)3-8-19(13)25-21(27)15-10-14(11-23-12-15)20(26)24-17-4-6-18(28-2)7-5-17/h3-12H,1-2H3,(H,24,26)(H,25,27). The van der Waals surface area contributed by atoms with E-state index in [1.807, 2.05) is 6.92 Å². The average Bonchev–Trinajstić information content (AvgIpc) is 2.70. The zero-order valence-corrected chi connectivity index (χ0v) is 16.1. The molecule has 0 atom stereocenters. The number of anilines is 2. The molecule has 1 heterocycles. The van der Waals surface area contributed by atoms with E-state index in [0.29, 0.717) is 22.1 Å². The highest BCUT2D eigenvalue weighted by molar-refractivity contribution is 6.30. The van der Waals surface area contributed by atoms with Gasteiger partial charge in [-0.25, -0.2) is 0 Å². The number of aromatic nitrogens is 1. The number of methoxy groups -OCH3 is 1. The number of pyridine rings is 1. The van der Waals surface area contributed by atoms with Gasteiger partial charge >= 0.3 is 0 Å². The Morgan fingerprint density at radius 2 is 1.57 bits per heavy atom. The number of amides is 2. The first-order valence-electron chi connectivity index (χ1n) is 8.44. The number of aryl methyl sites for hydroxylation is 1. The van der Waals surface area contributed by atoms with Gasteiger partial charge in [-0.3, -0.25) is 14.6 Å². The van der Waals surface area contributed by atoms with Crippen molar-refractivity contribution in [1.82, 2.24) is 4.98 Å². The van der Waals surface area contributed by atoms with Gasteiger partial charge < -0.3 is 15.4 Å². The van der Waals surface area contributed by atoms with E-state index >= 15 is 0 Å². The lowest BCUT2D eigenvalue weighted by atomic mass is 10.1. The number of ether oxygens (including phenoxy) is 1. The van der Waals surface area contributed by atoms with Crippen LogP contribution in [0.4, 0.5) is 11.4 Å². The molecule has 0 aliphatic carbocycles. The topological polar surface area (TPSA) is 80.3 Å². The highest BCUT2D eigenvalue weighted by Gasteiger charge is 2.13. The summed E-state index contributed by atoms with van der Waals surface area (Å²) in [4.78, 5) is 29.0. The van der Waals surface area contributed by atoms with Crippen molar-refractivity contribution in [2.45, 2.75) is 6.92 Å². The van der Waals surface area contributed by atoms with Gasteiger partial charge in [-0.2, -0.15) is 0 Å². The molecule has 7 heteroatoms. The Bertz CT molecular complexity index is 1020. The smallest absolute Gasteiger partial charge is 0.257 e. The molecule has 0 unspecified atom stereocenters. The van der Waals surface area contributed by atoms with Crippen molar-refractivity contribution in [3.05, 3.63) is 82.6 Å². The van der Waals surface area contributed by atoms with E-state index < -0.39 is 0 Å². The summed E-state index contributed by atoms with van der Waals surface area (Å²) in [6.45, 7) is 1.85. The maximum atomic E-state index is 12.5. The Morgan fingerprint density at radius 3 is 2.18 bits per heavy atom. The van der Waals surface area contributed by atoms with Crippen molar-refractivity contribution < 1.29 is 14.3 Å². The molecule has 2 aromatic carbocycles. The predicted molar refractivity (Wildman–Crippen MR) is 109 cm³/mol. The monoisotopic (exact) mass is 395 g/mol. The Labute approximate surface area is 167 Å². The van der Waals surface area contributed by atoms with Crippen LogP contribution >= 0.6 is 11.6 Å². The summed E-state index contributed by atoms with van der Waals surface area (Å²) in [5, 5.41) is 6.15.